The van der Waals surface area contributed by atoms with Crippen molar-refractivity contribution in [1.29, 1.82) is 0 Å². The van der Waals surface area contributed by atoms with Crippen LogP contribution in [-0.2, 0) is 20.8 Å². The van der Waals surface area contributed by atoms with Crippen LogP contribution in [0.1, 0.15) is 18.9 Å². The van der Waals surface area contributed by atoms with Gasteiger partial charge in [0.25, 0.3) is 5.91 Å². The summed E-state index contributed by atoms with van der Waals surface area (Å²) in [5, 5.41) is 5.87. The third-order valence-electron chi connectivity index (χ3n) is 6.29. The van der Waals surface area contributed by atoms with Crippen LogP contribution in [-0.4, -0.2) is 54.5 Å². The highest BCUT2D eigenvalue weighted by atomic mass is 32.1. The Morgan fingerprint density at radius 2 is 1.54 bits per heavy atom. The molecule has 2 N–H and O–H groups in total. The lowest BCUT2D eigenvalue weighted by atomic mass is 10.1. The second kappa shape index (κ2) is 12.4. The minimum Gasteiger partial charge on any atom is -0.493 e. The summed E-state index contributed by atoms with van der Waals surface area (Å²) in [5.74, 6) is 0.479. The van der Waals surface area contributed by atoms with Gasteiger partial charge >= 0.3 is 0 Å². The number of thiocarbonyl (C=S) groups is 1. The molecule has 0 radical (unpaired) electrons. The molecular weight excluding hydrogens is 516 g/mol. The molecule has 1 aliphatic heterocycles. The van der Waals surface area contributed by atoms with Crippen molar-refractivity contribution in [3.8, 4) is 11.5 Å². The Bertz CT molecular complexity index is 1360. The van der Waals surface area contributed by atoms with Crippen LogP contribution in [0.15, 0.2) is 72.8 Å². The molecule has 10 heteroatoms. The molecule has 202 valence electrons. The smallest absolute Gasteiger partial charge is 0.256 e. The zero-order valence-corrected chi connectivity index (χ0v) is 22.8. The van der Waals surface area contributed by atoms with Gasteiger partial charge in [-0.05, 0) is 72.7 Å². The molecule has 1 aliphatic rings. The zero-order chi connectivity index (χ0) is 27.9. The number of methoxy groups -OCH3 is 2. The molecule has 0 saturated carbocycles. The molecule has 0 unspecified atom stereocenters. The summed E-state index contributed by atoms with van der Waals surface area (Å²) in [7, 11) is 3.16. The molecule has 0 aromatic heterocycles. The molecule has 1 atom stereocenters. The van der Waals surface area contributed by atoms with Crippen molar-refractivity contribution in [3.63, 3.8) is 0 Å². The first-order chi connectivity index (χ1) is 18.8. The van der Waals surface area contributed by atoms with E-state index >= 15 is 0 Å². The highest BCUT2D eigenvalue weighted by Gasteiger charge is 2.43. The molecule has 3 aromatic carbocycles. The first-order valence-corrected chi connectivity index (χ1v) is 12.8. The molecule has 0 aliphatic carbocycles. The highest BCUT2D eigenvalue weighted by molar-refractivity contribution is 7.80. The van der Waals surface area contributed by atoms with Gasteiger partial charge in [0.1, 0.15) is 6.04 Å². The zero-order valence-electron chi connectivity index (χ0n) is 22.0. The van der Waals surface area contributed by atoms with Crippen LogP contribution in [0.25, 0.3) is 0 Å². The summed E-state index contributed by atoms with van der Waals surface area (Å²) in [6.07, 6.45) is 0.487. The van der Waals surface area contributed by atoms with Crippen LogP contribution in [0.5, 0.6) is 11.5 Å². The van der Waals surface area contributed by atoms with Crippen LogP contribution in [0.3, 0.4) is 0 Å². The Balaban J connectivity index is 1.52. The molecule has 39 heavy (non-hydrogen) atoms. The molecule has 0 bridgehead atoms. The van der Waals surface area contributed by atoms with Crippen molar-refractivity contribution >= 4 is 52.1 Å². The Labute approximate surface area is 232 Å². The van der Waals surface area contributed by atoms with Crippen LogP contribution in [0, 0.1) is 0 Å². The average Bonchev–Trinajstić information content (AvgIpc) is 3.16. The van der Waals surface area contributed by atoms with Gasteiger partial charge in [0, 0.05) is 24.8 Å². The maximum atomic E-state index is 13.6. The Morgan fingerprint density at radius 3 is 2.15 bits per heavy atom. The summed E-state index contributed by atoms with van der Waals surface area (Å²) >= 11 is 5.75. The number of para-hydroxylation sites is 1. The highest BCUT2D eigenvalue weighted by Crippen LogP contribution is 2.30. The fourth-order valence-corrected chi connectivity index (χ4v) is 4.83. The van der Waals surface area contributed by atoms with Gasteiger partial charge in [0.15, 0.2) is 16.6 Å². The van der Waals surface area contributed by atoms with E-state index in [1.807, 2.05) is 48.5 Å². The second-order valence-corrected chi connectivity index (χ2v) is 9.32. The van der Waals surface area contributed by atoms with E-state index in [0.29, 0.717) is 46.6 Å². The number of carbonyl (C=O) groups is 3. The lowest BCUT2D eigenvalue weighted by molar-refractivity contribution is -0.124. The molecule has 9 nitrogen and oxygen atoms in total. The van der Waals surface area contributed by atoms with E-state index < -0.39 is 6.04 Å². The first kappa shape index (κ1) is 27.6. The minimum absolute atomic E-state index is 0.0817. The lowest BCUT2D eigenvalue weighted by Gasteiger charge is -2.24. The van der Waals surface area contributed by atoms with Gasteiger partial charge in [-0.1, -0.05) is 24.3 Å². The van der Waals surface area contributed by atoms with E-state index in [2.05, 4.69) is 10.6 Å². The van der Waals surface area contributed by atoms with Crippen LogP contribution < -0.4 is 25.0 Å². The SMILES string of the molecule is COc1ccc(CCN2C(=S)N(c3ccccc3)C(=O)[C@H]2CC(=O)Nc2ccc(NC(C)=O)cc2)cc1OC. The number of benzene rings is 3. The Kier molecular flexibility index (Phi) is 8.77. The van der Waals surface area contributed by atoms with E-state index in [0.717, 1.165) is 5.56 Å². The van der Waals surface area contributed by atoms with E-state index in [1.54, 1.807) is 43.4 Å². The number of nitrogens with zero attached hydrogens (tertiary/aromatic N) is 2. The molecule has 1 fully saturated rings. The number of nitrogens with one attached hydrogen (secondary N) is 2. The third-order valence-corrected chi connectivity index (χ3v) is 6.71. The van der Waals surface area contributed by atoms with Crippen LogP contribution in [0.4, 0.5) is 17.1 Å². The fourth-order valence-electron chi connectivity index (χ4n) is 4.42. The molecule has 4 rings (SSSR count). The summed E-state index contributed by atoms with van der Waals surface area (Å²) < 4.78 is 10.7. The van der Waals surface area contributed by atoms with Gasteiger partial charge in [-0.15, -0.1) is 0 Å². The summed E-state index contributed by atoms with van der Waals surface area (Å²) in [5.41, 5.74) is 2.80. The number of hydrogen-bond acceptors (Lipinski definition) is 6. The predicted octanol–water partition coefficient (Wildman–Crippen LogP) is 4.24. The summed E-state index contributed by atoms with van der Waals surface area (Å²) in [4.78, 5) is 41.2. The van der Waals surface area contributed by atoms with E-state index in [4.69, 9.17) is 21.7 Å². The van der Waals surface area contributed by atoms with Crippen molar-refractivity contribution in [3.05, 3.63) is 78.4 Å². The van der Waals surface area contributed by atoms with Crippen molar-refractivity contribution in [2.75, 3.05) is 36.3 Å². The van der Waals surface area contributed by atoms with Gasteiger partial charge in [-0.2, -0.15) is 0 Å². The quantitative estimate of drug-likeness (QED) is 0.367. The fraction of sp³-hybridized carbons (Fsp3) is 0.241. The topological polar surface area (TPSA) is 100 Å². The molecule has 1 heterocycles. The second-order valence-electron chi connectivity index (χ2n) is 8.95. The Hall–Kier alpha value is -4.44. The largest absolute Gasteiger partial charge is 0.493 e. The van der Waals surface area contributed by atoms with Crippen molar-refractivity contribution in [2.45, 2.75) is 25.8 Å². The number of rotatable bonds is 10. The van der Waals surface area contributed by atoms with Crippen LogP contribution in [0.2, 0.25) is 0 Å². The van der Waals surface area contributed by atoms with Gasteiger partial charge in [-0.3, -0.25) is 19.3 Å². The molecule has 3 aromatic rings. The predicted molar refractivity (Wildman–Crippen MR) is 154 cm³/mol. The van der Waals surface area contributed by atoms with Crippen molar-refractivity contribution in [1.82, 2.24) is 4.90 Å². The van der Waals surface area contributed by atoms with E-state index in [9.17, 15) is 14.4 Å². The number of carbonyl (C=O) groups excluding carboxylic acids is 3. The van der Waals surface area contributed by atoms with Gasteiger partial charge in [-0.25, -0.2) is 0 Å². The van der Waals surface area contributed by atoms with Gasteiger partial charge in [0.2, 0.25) is 11.8 Å². The number of amides is 3. The molecular formula is C29H30N4O5S. The molecule has 1 saturated heterocycles. The minimum atomic E-state index is -0.767. The number of hydrogen-bond donors (Lipinski definition) is 2. The monoisotopic (exact) mass is 546 g/mol. The number of ether oxygens (including phenoxy) is 2. The van der Waals surface area contributed by atoms with E-state index in [1.165, 1.54) is 11.8 Å². The summed E-state index contributed by atoms with van der Waals surface area (Å²) in [6, 6.07) is 20.8. The Morgan fingerprint density at radius 1 is 0.897 bits per heavy atom. The van der Waals surface area contributed by atoms with Crippen molar-refractivity contribution in [2.24, 2.45) is 0 Å². The average molecular weight is 547 g/mol. The normalized spacial score (nSPS) is 14.8. The van der Waals surface area contributed by atoms with Crippen molar-refractivity contribution < 1.29 is 23.9 Å². The molecule has 0 spiro atoms. The van der Waals surface area contributed by atoms with Gasteiger partial charge < -0.3 is 25.0 Å². The number of anilines is 3. The summed E-state index contributed by atoms with van der Waals surface area (Å²) in [6.45, 7) is 1.85. The first-order valence-electron chi connectivity index (χ1n) is 12.4. The lowest BCUT2D eigenvalue weighted by Crippen LogP contribution is -2.39. The third kappa shape index (κ3) is 6.53. The standard InChI is InChI=1S/C29H30N4O5S/c1-19(34)30-21-10-12-22(13-11-21)31-27(35)18-24-28(36)33(23-7-5-4-6-8-23)29(39)32(24)16-15-20-9-14-25(37-2)26(17-20)38-3/h4-14,17,24H,15-16,18H2,1-3H3,(H,30,34)(H,31,35)/t24-/m1/s1. The maximum Gasteiger partial charge on any atom is 0.256 e. The van der Waals surface area contributed by atoms with E-state index in [-0.39, 0.29) is 24.1 Å². The molecule has 3 amide bonds. The maximum absolute atomic E-state index is 13.6. The van der Waals surface area contributed by atoms with Gasteiger partial charge in [0.05, 0.1) is 26.3 Å². The van der Waals surface area contributed by atoms with Crippen LogP contribution >= 0.6 is 12.2 Å².